The fourth-order valence-electron chi connectivity index (χ4n) is 2.60. The van der Waals surface area contributed by atoms with Gasteiger partial charge in [0, 0.05) is 19.0 Å². The molecule has 1 saturated carbocycles. The molecule has 1 aromatic carbocycles. The van der Waals surface area contributed by atoms with Crippen molar-refractivity contribution in [2.45, 2.75) is 39.6 Å². The highest BCUT2D eigenvalue weighted by atomic mass is 19.4. The Kier molecular flexibility index (Phi) is 4.95. The maximum Gasteiger partial charge on any atom is 0.435 e. The van der Waals surface area contributed by atoms with E-state index >= 15 is 0 Å². The third-order valence-electron chi connectivity index (χ3n) is 4.10. The molecule has 2 aromatic rings. The first-order valence-electron chi connectivity index (χ1n) is 8.35. The maximum absolute atomic E-state index is 12.6. The molecular weight excluding hydrogens is 363 g/mol. The molecule has 0 aliphatic heterocycles. The number of ether oxygens (including phenoxy) is 1. The minimum atomic E-state index is -4.54. The molecule has 144 valence electrons. The minimum absolute atomic E-state index is 0.177. The lowest BCUT2D eigenvalue weighted by Gasteiger charge is -2.22. The lowest BCUT2D eigenvalue weighted by Crippen LogP contribution is -2.36. The Morgan fingerprint density at radius 2 is 2.00 bits per heavy atom. The van der Waals surface area contributed by atoms with Crippen molar-refractivity contribution < 1.29 is 27.5 Å². The zero-order valence-corrected chi connectivity index (χ0v) is 14.8. The number of aromatic nitrogens is 2. The van der Waals surface area contributed by atoms with Gasteiger partial charge in [-0.05, 0) is 43.5 Å². The van der Waals surface area contributed by atoms with Crippen molar-refractivity contribution >= 4 is 17.5 Å². The molecule has 0 bridgehead atoms. The lowest BCUT2D eigenvalue weighted by molar-refractivity contribution is -0.141. The molecule has 1 aliphatic carbocycles. The Morgan fingerprint density at radius 1 is 1.30 bits per heavy atom. The van der Waals surface area contributed by atoms with Gasteiger partial charge in [0.2, 0.25) is 11.8 Å². The largest absolute Gasteiger partial charge is 0.469 e. The molecule has 0 N–H and O–H groups in total. The SMILES string of the molecule is CC(=O)N(C(=O)C1CC1)c1ccc(C)cc1OCn1ccc(C(F)(F)F)n1. The van der Waals surface area contributed by atoms with Crippen molar-refractivity contribution in [2.24, 2.45) is 5.92 Å². The van der Waals surface area contributed by atoms with Crippen LogP contribution in [0.4, 0.5) is 18.9 Å². The van der Waals surface area contributed by atoms with E-state index in [2.05, 4.69) is 5.10 Å². The van der Waals surface area contributed by atoms with E-state index < -0.39 is 17.8 Å². The van der Waals surface area contributed by atoms with Gasteiger partial charge in [0.1, 0.15) is 5.75 Å². The average Bonchev–Trinajstić information content (AvgIpc) is 3.31. The second-order valence-electron chi connectivity index (χ2n) is 6.45. The second-order valence-corrected chi connectivity index (χ2v) is 6.45. The molecule has 2 amide bonds. The number of hydrogen-bond donors (Lipinski definition) is 0. The fraction of sp³-hybridized carbons (Fsp3) is 0.389. The summed E-state index contributed by atoms with van der Waals surface area (Å²) in [6.07, 6.45) is -1.92. The second kappa shape index (κ2) is 7.05. The highest BCUT2D eigenvalue weighted by molar-refractivity contribution is 6.16. The van der Waals surface area contributed by atoms with E-state index in [9.17, 15) is 22.8 Å². The summed E-state index contributed by atoms with van der Waals surface area (Å²) in [5.74, 6) is -0.694. The smallest absolute Gasteiger partial charge is 0.435 e. The topological polar surface area (TPSA) is 64.4 Å². The van der Waals surface area contributed by atoms with Gasteiger partial charge >= 0.3 is 6.18 Å². The summed E-state index contributed by atoms with van der Waals surface area (Å²) in [5.41, 5.74) is 0.0607. The first-order valence-corrected chi connectivity index (χ1v) is 8.35. The van der Waals surface area contributed by atoms with Crippen LogP contribution in [-0.2, 0) is 22.5 Å². The van der Waals surface area contributed by atoms with E-state index in [1.807, 2.05) is 0 Å². The van der Waals surface area contributed by atoms with Crippen molar-refractivity contribution in [3.63, 3.8) is 0 Å². The van der Waals surface area contributed by atoms with E-state index in [4.69, 9.17) is 4.74 Å². The minimum Gasteiger partial charge on any atom is -0.469 e. The predicted octanol–water partition coefficient (Wildman–Crippen LogP) is 3.54. The molecule has 0 atom stereocenters. The van der Waals surface area contributed by atoms with Crippen LogP contribution in [0, 0.1) is 12.8 Å². The standard InChI is InChI=1S/C18H18F3N3O3/c1-11-3-6-14(24(12(2)25)17(26)13-4-5-13)15(9-11)27-10-23-8-7-16(22-23)18(19,20)21/h3,6-9,13H,4-5,10H2,1-2H3. The number of carbonyl (C=O) groups is 2. The molecule has 27 heavy (non-hydrogen) atoms. The molecule has 0 spiro atoms. The quantitative estimate of drug-likeness (QED) is 0.795. The third-order valence-corrected chi connectivity index (χ3v) is 4.10. The van der Waals surface area contributed by atoms with Crippen LogP contribution >= 0.6 is 0 Å². The van der Waals surface area contributed by atoms with Crippen LogP contribution in [0.25, 0.3) is 0 Å². The molecule has 3 rings (SSSR count). The molecule has 1 aromatic heterocycles. The Bertz CT molecular complexity index is 872. The zero-order valence-electron chi connectivity index (χ0n) is 14.8. The van der Waals surface area contributed by atoms with Crippen LogP contribution in [-0.4, -0.2) is 21.6 Å². The molecule has 9 heteroatoms. The van der Waals surface area contributed by atoms with Crippen LogP contribution in [0.15, 0.2) is 30.5 Å². The maximum atomic E-state index is 12.6. The van der Waals surface area contributed by atoms with E-state index in [1.54, 1.807) is 25.1 Å². The number of halogens is 3. The van der Waals surface area contributed by atoms with E-state index in [-0.39, 0.29) is 30.0 Å². The van der Waals surface area contributed by atoms with Crippen molar-refractivity contribution in [3.8, 4) is 5.75 Å². The van der Waals surface area contributed by atoms with Crippen LogP contribution in [0.5, 0.6) is 5.75 Å². The van der Waals surface area contributed by atoms with Gasteiger partial charge in [-0.2, -0.15) is 18.3 Å². The molecule has 0 unspecified atom stereocenters. The number of hydrogen-bond acceptors (Lipinski definition) is 4. The van der Waals surface area contributed by atoms with Gasteiger partial charge in [0.25, 0.3) is 0 Å². The van der Waals surface area contributed by atoms with E-state index in [0.717, 1.165) is 40.3 Å². The number of carbonyl (C=O) groups excluding carboxylic acids is 2. The van der Waals surface area contributed by atoms with Crippen LogP contribution in [0.1, 0.15) is 31.0 Å². The number of amides is 2. The molecule has 6 nitrogen and oxygen atoms in total. The Morgan fingerprint density at radius 3 is 2.56 bits per heavy atom. The summed E-state index contributed by atoms with van der Waals surface area (Å²) in [6.45, 7) is 2.79. The Balaban J connectivity index is 1.84. The van der Waals surface area contributed by atoms with Gasteiger partial charge in [-0.1, -0.05) is 6.07 Å². The van der Waals surface area contributed by atoms with Crippen molar-refractivity contribution in [2.75, 3.05) is 4.90 Å². The molecule has 1 fully saturated rings. The normalized spacial score (nSPS) is 14.1. The van der Waals surface area contributed by atoms with Crippen LogP contribution in [0.2, 0.25) is 0 Å². The van der Waals surface area contributed by atoms with Gasteiger partial charge in [-0.15, -0.1) is 0 Å². The van der Waals surface area contributed by atoms with Crippen molar-refractivity contribution in [3.05, 3.63) is 41.7 Å². The predicted molar refractivity (Wildman–Crippen MR) is 89.9 cm³/mol. The molecular formula is C18H18F3N3O3. The van der Waals surface area contributed by atoms with Gasteiger partial charge in [0.05, 0.1) is 5.69 Å². The summed E-state index contributed by atoms with van der Waals surface area (Å²) < 4.78 is 44.5. The number of anilines is 1. The Hall–Kier alpha value is -2.84. The van der Waals surface area contributed by atoms with Gasteiger partial charge in [-0.3, -0.25) is 9.59 Å². The van der Waals surface area contributed by atoms with Gasteiger partial charge in [-0.25, -0.2) is 9.58 Å². The molecule has 1 heterocycles. The van der Waals surface area contributed by atoms with Crippen LogP contribution in [0.3, 0.4) is 0 Å². The van der Waals surface area contributed by atoms with Gasteiger partial charge in [0.15, 0.2) is 12.4 Å². The van der Waals surface area contributed by atoms with E-state index in [0.29, 0.717) is 0 Å². The Labute approximate surface area is 153 Å². The summed E-state index contributed by atoms with van der Waals surface area (Å²) in [4.78, 5) is 25.6. The zero-order chi connectivity index (χ0) is 19.8. The summed E-state index contributed by atoms with van der Waals surface area (Å²) in [7, 11) is 0. The molecule has 0 saturated heterocycles. The first kappa shape index (κ1) is 18.9. The number of alkyl halides is 3. The van der Waals surface area contributed by atoms with Crippen molar-refractivity contribution in [1.82, 2.24) is 9.78 Å². The number of rotatable bonds is 5. The number of nitrogens with zero attached hydrogens (tertiary/aromatic N) is 3. The highest BCUT2D eigenvalue weighted by Gasteiger charge is 2.37. The summed E-state index contributed by atoms with van der Waals surface area (Å²) in [6, 6.07) is 5.79. The lowest BCUT2D eigenvalue weighted by atomic mass is 10.1. The molecule has 0 radical (unpaired) electrons. The number of imide groups is 1. The fourth-order valence-corrected chi connectivity index (χ4v) is 2.60. The monoisotopic (exact) mass is 381 g/mol. The first-order chi connectivity index (χ1) is 12.7. The van der Waals surface area contributed by atoms with Gasteiger partial charge < -0.3 is 4.74 Å². The number of benzene rings is 1. The average molecular weight is 381 g/mol. The summed E-state index contributed by atoms with van der Waals surface area (Å²) in [5, 5.41) is 3.42. The van der Waals surface area contributed by atoms with Crippen LogP contribution < -0.4 is 9.64 Å². The highest BCUT2D eigenvalue weighted by Crippen LogP contribution is 2.36. The molecule has 1 aliphatic rings. The summed E-state index contributed by atoms with van der Waals surface area (Å²) >= 11 is 0. The number of aryl methyl sites for hydroxylation is 1. The van der Waals surface area contributed by atoms with Crippen molar-refractivity contribution in [1.29, 1.82) is 0 Å². The van der Waals surface area contributed by atoms with E-state index in [1.165, 1.54) is 6.92 Å². The third kappa shape index (κ3) is 4.29.